The SMILES string of the molecule is CCCCCCCCc1[nH]c2ccccc2c(=O)c1C.CCCCCCCCc1c(C)c(=O)c2ccccc2n1C#N. The molecule has 4 aromatic rings. The maximum atomic E-state index is 12.5. The van der Waals surface area contributed by atoms with E-state index in [4.69, 9.17) is 0 Å². The smallest absolute Gasteiger partial charge is 0.192 e. The number of rotatable bonds is 14. The number of benzene rings is 2. The number of hydrogen-bond acceptors (Lipinski definition) is 3. The van der Waals surface area contributed by atoms with Crippen LogP contribution in [0.3, 0.4) is 0 Å². The number of hydrogen-bond donors (Lipinski definition) is 1. The van der Waals surface area contributed by atoms with Gasteiger partial charge in [0.2, 0.25) is 0 Å². The van der Waals surface area contributed by atoms with E-state index in [1.54, 1.807) is 10.6 Å². The molecule has 0 aliphatic heterocycles. The zero-order valence-corrected chi connectivity index (χ0v) is 26.2. The van der Waals surface area contributed by atoms with Crippen LogP contribution in [0.25, 0.3) is 21.8 Å². The van der Waals surface area contributed by atoms with Crippen LogP contribution in [-0.4, -0.2) is 9.55 Å². The van der Waals surface area contributed by atoms with E-state index in [-0.39, 0.29) is 10.9 Å². The molecule has 0 radical (unpaired) electrons. The van der Waals surface area contributed by atoms with Gasteiger partial charge in [-0.3, -0.25) is 14.2 Å². The molecule has 0 aliphatic carbocycles. The summed E-state index contributed by atoms with van der Waals surface area (Å²) in [5.41, 5.74) is 5.52. The van der Waals surface area contributed by atoms with Crippen molar-refractivity contribution in [1.82, 2.24) is 9.55 Å². The predicted octanol–water partition coefficient (Wildman–Crippen LogP) is 9.28. The Labute approximate surface area is 251 Å². The molecule has 0 fully saturated rings. The maximum Gasteiger partial charge on any atom is 0.192 e. The van der Waals surface area contributed by atoms with E-state index in [9.17, 15) is 14.9 Å². The van der Waals surface area contributed by atoms with E-state index >= 15 is 0 Å². The van der Waals surface area contributed by atoms with Gasteiger partial charge in [-0.15, -0.1) is 0 Å². The molecule has 2 aromatic heterocycles. The summed E-state index contributed by atoms with van der Waals surface area (Å²) in [6.07, 6.45) is 19.0. The molecule has 5 heteroatoms. The first kappa shape index (κ1) is 32.9. The van der Waals surface area contributed by atoms with Gasteiger partial charge in [-0.1, -0.05) is 102 Å². The molecule has 0 amide bonds. The van der Waals surface area contributed by atoms with Gasteiger partial charge in [0.25, 0.3) is 0 Å². The van der Waals surface area contributed by atoms with Crippen LogP contribution in [0.2, 0.25) is 0 Å². The molecule has 0 spiro atoms. The number of unbranched alkanes of at least 4 members (excludes halogenated alkanes) is 10. The minimum atomic E-state index is 0.0584. The zero-order valence-electron chi connectivity index (χ0n) is 26.2. The normalized spacial score (nSPS) is 10.9. The molecule has 0 atom stereocenters. The standard InChI is InChI=1S/C19H24N2O.C18H25NO/c1-3-4-5-6-7-8-12-17-15(2)19(22)16-11-9-10-13-18(16)21(17)14-20;1-3-4-5-6-7-8-12-16-14(2)18(20)15-11-9-10-13-17(15)19-16/h9-11,13H,3-8,12H2,1-2H3;9-11,13H,3-8,12H2,1-2H3,(H,19,20). The molecular formula is C37H49N3O2. The Kier molecular flexibility index (Phi) is 13.6. The monoisotopic (exact) mass is 567 g/mol. The van der Waals surface area contributed by atoms with Crippen molar-refractivity contribution in [2.24, 2.45) is 0 Å². The molecule has 0 aliphatic rings. The van der Waals surface area contributed by atoms with E-state index in [1.807, 2.05) is 56.3 Å². The van der Waals surface area contributed by atoms with E-state index in [2.05, 4.69) is 25.0 Å². The van der Waals surface area contributed by atoms with Crippen molar-refractivity contribution in [3.63, 3.8) is 0 Å². The third-order valence-electron chi connectivity index (χ3n) is 8.33. The highest BCUT2D eigenvalue weighted by Gasteiger charge is 2.13. The first-order chi connectivity index (χ1) is 20.4. The zero-order chi connectivity index (χ0) is 30.3. The molecule has 4 rings (SSSR count). The number of aromatic nitrogens is 2. The molecule has 0 unspecified atom stereocenters. The summed E-state index contributed by atoms with van der Waals surface area (Å²) in [4.78, 5) is 28.2. The lowest BCUT2D eigenvalue weighted by atomic mass is 10.0. The van der Waals surface area contributed by atoms with Gasteiger partial charge in [0, 0.05) is 38.8 Å². The van der Waals surface area contributed by atoms with Gasteiger partial charge in [0.1, 0.15) is 0 Å². The quantitative estimate of drug-likeness (QED) is 0.154. The lowest BCUT2D eigenvalue weighted by Gasteiger charge is -2.13. The number of H-pyrrole nitrogens is 1. The van der Waals surface area contributed by atoms with Crippen LogP contribution >= 0.6 is 0 Å². The summed E-state index contributed by atoms with van der Waals surface area (Å²) >= 11 is 0. The highest BCUT2D eigenvalue weighted by molar-refractivity contribution is 5.81. The lowest BCUT2D eigenvalue weighted by molar-refractivity contribution is 0.602. The first-order valence-corrected chi connectivity index (χ1v) is 16.1. The summed E-state index contributed by atoms with van der Waals surface area (Å²) in [5.74, 6) is 0. The highest BCUT2D eigenvalue weighted by Crippen LogP contribution is 2.18. The van der Waals surface area contributed by atoms with Crippen LogP contribution in [0.1, 0.15) is 113 Å². The van der Waals surface area contributed by atoms with E-state index < -0.39 is 0 Å². The minimum Gasteiger partial charge on any atom is -0.358 e. The number of para-hydroxylation sites is 2. The molecule has 0 saturated heterocycles. The summed E-state index contributed by atoms with van der Waals surface area (Å²) in [5, 5.41) is 11.0. The number of aryl methyl sites for hydroxylation is 1. The van der Waals surface area contributed by atoms with Crippen LogP contribution in [0.5, 0.6) is 0 Å². The van der Waals surface area contributed by atoms with Gasteiger partial charge >= 0.3 is 0 Å². The third-order valence-corrected chi connectivity index (χ3v) is 8.33. The fourth-order valence-electron chi connectivity index (χ4n) is 5.71. The molecular weight excluding hydrogens is 518 g/mol. The number of nitrogens with one attached hydrogen (secondary N) is 1. The molecule has 1 N–H and O–H groups in total. The fourth-order valence-corrected chi connectivity index (χ4v) is 5.71. The van der Waals surface area contributed by atoms with Gasteiger partial charge < -0.3 is 4.98 Å². The van der Waals surface area contributed by atoms with Crippen LogP contribution in [0.15, 0.2) is 58.1 Å². The van der Waals surface area contributed by atoms with Gasteiger partial charge in [0.15, 0.2) is 17.1 Å². The van der Waals surface area contributed by atoms with Crippen LogP contribution in [-0.2, 0) is 12.8 Å². The molecule has 2 heterocycles. The molecule has 5 nitrogen and oxygen atoms in total. The number of fused-ring (bicyclic) bond motifs is 2. The largest absolute Gasteiger partial charge is 0.358 e. The third kappa shape index (κ3) is 8.68. The van der Waals surface area contributed by atoms with E-state index in [0.29, 0.717) is 10.9 Å². The van der Waals surface area contributed by atoms with Crippen molar-refractivity contribution in [3.05, 3.63) is 91.5 Å². The second kappa shape index (κ2) is 17.3. The Morgan fingerprint density at radius 2 is 1.19 bits per heavy atom. The number of nitrogens with zero attached hydrogens (tertiary/aromatic N) is 2. The molecule has 42 heavy (non-hydrogen) atoms. The number of aromatic amines is 1. The molecule has 2 aromatic carbocycles. The highest BCUT2D eigenvalue weighted by atomic mass is 16.1. The van der Waals surface area contributed by atoms with Gasteiger partial charge in [-0.05, 0) is 63.8 Å². The Morgan fingerprint density at radius 1 is 0.667 bits per heavy atom. The van der Waals surface area contributed by atoms with E-state index in [0.717, 1.165) is 59.1 Å². The van der Waals surface area contributed by atoms with Crippen LogP contribution in [0.4, 0.5) is 0 Å². The number of pyridine rings is 2. The Morgan fingerprint density at radius 3 is 1.83 bits per heavy atom. The molecule has 0 saturated carbocycles. The minimum absolute atomic E-state index is 0.0584. The molecule has 0 bridgehead atoms. The summed E-state index contributed by atoms with van der Waals surface area (Å²) in [6.45, 7) is 8.24. The maximum absolute atomic E-state index is 12.5. The van der Waals surface area contributed by atoms with Crippen molar-refractivity contribution >= 4 is 21.8 Å². The van der Waals surface area contributed by atoms with Gasteiger partial charge in [0.05, 0.1) is 5.52 Å². The summed E-state index contributed by atoms with van der Waals surface area (Å²) in [7, 11) is 0. The fraction of sp³-hybridized carbons (Fsp3) is 0.486. The van der Waals surface area contributed by atoms with Crippen LogP contribution < -0.4 is 10.9 Å². The summed E-state index contributed by atoms with van der Waals surface area (Å²) < 4.78 is 1.64. The van der Waals surface area contributed by atoms with Crippen molar-refractivity contribution < 1.29 is 0 Å². The topological polar surface area (TPSA) is 78.7 Å². The predicted molar refractivity (Wildman–Crippen MR) is 177 cm³/mol. The second-order valence-corrected chi connectivity index (χ2v) is 11.5. The van der Waals surface area contributed by atoms with Gasteiger partial charge in [-0.25, -0.2) is 0 Å². The average molecular weight is 568 g/mol. The Hall–Kier alpha value is -3.65. The number of nitriles is 1. The van der Waals surface area contributed by atoms with Crippen LogP contribution in [0, 0.1) is 25.3 Å². The van der Waals surface area contributed by atoms with Gasteiger partial charge in [-0.2, -0.15) is 5.26 Å². The van der Waals surface area contributed by atoms with E-state index in [1.165, 1.54) is 64.2 Å². The average Bonchev–Trinajstić information content (AvgIpc) is 3.01. The van der Waals surface area contributed by atoms with Crippen molar-refractivity contribution in [2.75, 3.05) is 0 Å². The lowest BCUT2D eigenvalue weighted by Crippen LogP contribution is -2.16. The first-order valence-electron chi connectivity index (χ1n) is 16.1. The second-order valence-electron chi connectivity index (χ2n) is 11.5. The Bertz CT molecular complexity index is 1590. The van der Waals surface area contributed by atoms with Crippen molar-refractivity contribution in [3.8, 4) is 6.19 Å². The van der Waals surface area contributed by atoms with Crippen molar-refractivity contribution in [1.29, 1.82) is 5.26 Å². The summed E-state index contributed by atoms with van der Waals surface area (Å²) in [6, 6.07) is 15.2. The Balaban J connectivity index is 0.000000231. The molecule has 224 valence electrons. The van der Waals surface area contributed by atoms with Crippen molar-refractivity contribution in [2.45, 2.75) is 118 Å².